The Balaban J connectivity index is 1.80. The molecule has 5 heteroatoms. The van der Waals surface area contributed by atoms with Gasteiger partial charge in [-0.25, -0.2) is 0 Å². The van der Waals surface area contributed by atoms with Gasteiger partial charge in [0.25, 0.3) is 0 Å². The van der Waals surface area contributed by atoms with Gasteiger partial charge in [-0.2, -0.15) is 0 Å². The molecule has 0 aromatic rings. The predicted octanol–water partition coefficient (Wildman–Crippen LogP) is 0.0486. The van der Waals surface area contributed by atoms with Crippen molar-refractivity contribution in [3.63, 3.8) is 0 Å². The lowest BCUT2D eigenvalue weighted by Gasteiger charge is -2.31. The maximum atomic E-state index is 12.0. The zero-order chi connectivity index (χ0) is 12.3. The summed E-state index contributed by atoms with van der Waals surface area (Å²) < 4.78 is 11.1. The number of morpholine rings is 1. The molecule has 2 aliphatic rings. The highest BCUT2D eigenvalue weighted by Gasteiger charge is 2.33. The van der Waals surface area contributed by atoms with E-state index in [4.69, 9.17) is 9.47 Å². The van der Waals surface area contributed by atoms with E-state index >= 15 is 0 Å². The van der Waals surface area contributed by atoms with Crippen LogP contribution in [0.1, 0.15) is 26.7 Å². The Bertz CT molecular complexity index is 277. The van der Waals surface area contributed by atoms with Gasteiger partial charge in [0.05, 0.1) is 18.3 Å². The predicted molar refractivity (Wildman–Crippen MR) is 63.8 cm³/mol. The highest BCUT2D eigenvalue weighted by molar-refractivity contribution is 5.82. The number of nitrogens with one attached hydrogen (secondary N) is 2. The van der Waals surface area contributed by atoms with Crippen LogP contribution in [0, 0.1) is 0 Å². The summed E-state index contributed by atoms with van der Waals surface area (Å²) in [5.41, 5.74) is -0.186. The minimum atomic E-state index is -0.242. The van der Waals surface area contributed by atoms with E-state index < -0.39 is 0 Å². The second kappa shape index (κ2) is 5.33. The molecule has 2 saturated heterocycles. The van der Waals surface area contributed by atoms with Crippen LogP contribution in [0.5, 0.6) is 0 Å². The molecule has 0 radical (unpaired) electrons. The molecular weight excluding hydrogens is 220 g/mol. The summed E-state index contributed by atoms with van der Waals surface area (Å²) >= 11 is 0. The number of amides is 1. The van der Waals surface area contributed by atoms with Crippen molar-refractivity contribution in [3.8, 4) is 0 Å². The summed E-state index contributed by atoms with van der Waals surface area (Å²) in [6, 6.07) is -0.242. The summed E-state index contributed by atoms with van der Waals surface area (Å²) in [5.74, 6) is 0.00826. The maximum absolute atomic E-state index is 12.0. The molecule has 1 amide bonds. The van der Waals surface area contributed by atoms with Gasteiger partial charge >= 0.3 is 0 Å². The van der Waals surface area contributed by atoms with E-state index in [9.17, 15) is 4.79 Å². The lowest BCUT2D eigenvalue weighted by Crippen LogP contribution is -2.57. The molecular formula is C12H22N2O3. The number of carbonyl (C=O) groups excluding carboxylic acids is 1. The monoisotopic (exact) mass is 242 g/mol. The molecule has 0 aliphatic carbocycles. The Hall–Kier alpha value is -0.650. The molecule has 0 aromatic carbocycles. The van der Waals surface area contributed by atoms with Gasteiger partial charge in [0.15, 0.2) is 0 Å². The van der Waals surface area contributed by atoms with Crippen LogP contribution in [-0.4, -0.2) is 50.0 Å². The molecule has 0 aromatic heterocycles. The van der Waals surface area contributed by atoms with E-state index in [2.05, 4.69) is 17.6 Å². The smallest absolute Gasteiger partial charge is 0.239 e. The Morgan fingerprint density at radius 2 is 2.35 bits per heavy atom. The van der Waals surface area contributed by atoms with Gasteiger partial charge in [-0.15, -0.1) is 0 Å². The van der Waals surface area contributed by atoms with E-state index in [1.54, 1.807) is 0 Å². The third kappa shape index (κ3) is 3.18. The summed E-state index contributed by atoms with van der Waals surface area (Å²) in [4.78, 5) is 12.0. The molecule has 0 spiro atoms. The number of hydrogen-bond donors (Lipinski definition) is 2. The van der Waals surface area contributed by atoms with Crippen LogP contribution in [0.4, 0.5) is 0 Å². The average molecular weight is 242 g/mol. The third-order valence-corrected chi connectivity index (χ3v) is 3.54. The topological polar surface area (TPSA) is 59.6 Å². The largest absolute Gasteiger partial charge is 0.375 e. The molecule has 0 bridgehead atoms. The lowest BCUT2D eigenvalue weighted by molar-refractivity contribution is -0.130. The molecule has 2 aliphatic heterocycles. The van der Waals surface area contributed by atoms with E-state index in [-0.39, 0.29) is 23.7 Å². The molecule has 2 heterocycles. The maximum Gasteiger partial charge on any atom is 0.239 e. The Labute approximate surface area is 102 Å². The van der Waals surface area contributed by atoms with Crippen molar-refractivity contribution in [2.24, 2.45) is 0 Å². The van der Waals surface area contributed by atoms with Gasteiger partial charge in [-0.1, -0.05) is 0 Å². The standard InChI is InChI=1S/C12H22N2O3/c1-9-10(13-5-7-16-9)11(15)14-8-12(2)4-3-6-17-12/h9-10,13H,3-8H2,1-2H3,(H,14,15)/t9-,10+,12?/m1/s1. The van der Waals surface area contributed by atoms with Crippen molar-refractivity contribution >= 4 is 5.91 Å². The second-order valence-corrected chi connectivity index (χ2v) is 5.13. The molecule has 17 heavy (non-hydrogen) atoms. The van der Waals surface area contributed by atoms with Gasteiger partial charge in [0.1, 0.15) is 6.04 Å². The van der Waals surface area contributed by atoms with Crippen molar-refractivity contribution in [3.05, 3.63) is 0 Å². The molecule has 98 valence electrons. The lowest BCUT2D eigenvalue weighted by atomic mass is 10.0. The van der Waals surface area contributed by atoms with Gasteiger partial charge in [0.2, 0.25) is 5.91 Å². The minimum absolute atomic E-state index is 0.00826. The van der Waals surface area contributed by atoms with E-state index in [0.29, 0.717) is 13.2 Å². The second-order valence-electron chi connectivity index (χ2n) is 5.13. The molecule has 0 saturated carbocycles. The SMILES string of the molecule is C[C@H]1OCCN[C@@H]1C(=O)NCC1(C)CCCO1. The van der Waals surface area contributed by atoms with E-state index in [0.717, 1.165) is 26.0 Å². The van der Waals surface area contributed by atoms with Crippen LogP contribution in [0.25, 0.3) is 0 Å². The first-order valence-corrected chi connectivity index (χ1v) is 6.37. The van der Waals surface area contributed by atoms with Gasteiger partial charge in [-0.3, -0.25) is 4.79 Å². The summed E-state index contributed by atoms with van der Waals surface area (Å²) in [7, 11) is 0. The molecule has 5 nitrogen and oxygen atoms in total. The molecule has 1 unspecified atom stereocenters. The van der Waals surface area contributed by atoms with Crippen molar-refractivity contribution in [2.45, 2.75) is 44.4 Å². The van der Waals surface area contributed by atoms with Crippen LogP contribution in [-0.2, 0) is 14.3 Å². The first-order valence-electron chi connectivity index (χ1n) is 6.37. The first-order chi connectivity index (χ1) is 8.11. The van der Waals surface area contributed by atoms with Gasteiger partial charge in [0, 0.05) is 19.7 Å². The fourth-order valence-corrected chi connectivity index (χ4v) is 2.39. The fraction of sp³-hybridized carbons (Fsp3) is 0.917. The molecule has 2 rings (SSSR count). The first kappa shape index (κ1) is 12.8. The van der Waals surface area contributed by atoms with Crippen molar-refractivity contribution in [1.29, 1.82) is 0 Å². The van der Waals surface area contributed by atoms with Gasteiger partial charge in [-0.05, 0) is 26.7 Å². The fourth-order valence-electron chi connectivity index (χ4n) is 2.39. The molecule has 2 N–H and O–H groups in total. The number of ether oxygens (including phenoxy) is 2. The molecule has 2 fully saturated rings. The Morgan fingerprint density at radius 1 is 1.53 bits per heavy atom. The van der Waals surface area contributed by atoms with Crippen molar-refractivity contribution in [1.82, 2.24) is 10.6 Å². The number of hydrogen-bond acceptors (Lipinski definition) is 4. The Kier molecular flexibility index (Phi) is 4.01. The van der Waals surface area contributed by atoms with Crippen LogP contribution in [0.3, 0.4) is 0 Å². The zero-order valence-electron chi connectivity index (χ0n) is 10.6. The van der Waals surface area contributed by atoms with E-state index in [1.165, 1.54) is 0 Å². The van der Waals surface area contributed by atoms with Crippen molar-refractivity contribution in [2.75, 3.05) is 26.3 Å². The zero-order valence-corrected chi connectivity index (χ0v) is 10.6. The minimum Gasteiger partial charge on any atom is -0.375 e. The van der Waals surface area contributed by atoms with E-state index in [1.807, 2.05) is 6.92 Å². The number of carbonyl (C=O) groups is 1. The normalized spacial score (nSPS) is 38.0. The summed E-state index contributed by atoms with van der Waals surface area (Å²) in [6.07, 6.45) is 2.02. The summed E-state index contributed by atoms with van der Waals surface area (Å²) in [5, 5.41) is 6.14. The van der Waals surface area contributed by atoms with Crippen LogP contribution < -0.4 is 10.6 Å². The number of rotatable bonds is 3. The van der Waals surface area contributed by atoms with Crippen LogP contribution in [0.15, 0.2) is 0 Å². The Morgan fingerprint density at radius 3 is 3.00 bits per heavy atom. The highest BCUT2D eigenvalue weighted by Crippen LogP contribution is 2.23. The quantitative estimate of drug-likeness (QED) is 0.734. The van der Waals surface area contributed by atoms with Crippen molar-refractivity contribution < 1.29 is 14.3 Å². The van der Waals surface area contributed by atoms with Crippen LogP contribution >= 0.6 is 0 Å². The average Bonchev–Trinajstić information content (AvgIpc) is 2.74. The highest BCUT2D eigenvalue weighted by atomic mass is 16.5. The third-order valence-electron chi connectivity index (χ3n) is 3.54. The van der Waals surface area contributed by atoms with Gasteiger partial charge < -0.3 is 20.1 Å². The molecule has 3 atom stereocenters. The van der Waals surface area contributed by atoms with Crippen LogP contribution in [0.2, 0.25) is 0 Å². The summed E-state index contributed by atoms with van der Waals surface area (Å²) in [6.45, 7) is 6.75.